The Morgan fingerprint density at radius 3 is 2.61 bits per heavy atom. The van der Waals surface area contributed by atoms with Crippen molar-refractivity contribution in [3.63, 3.8) is 0 Å². The fourth-order valence-electron chi connectivity index (χ4n) is 3.17. The van der Waals surface area contributed by atoms with Crippen molar-refractivity contribution in [2.24, 2.45) is 0 Å². The largest absolute Gasteiger partial charge is 0.445 e. The molecule has 0 unspecified atom stereocenters. The van der Waals surface area contributed by atoms with E-state index in [1.165, 1.54) is 0 Å². The van der Waals surface area contributed by atoms with Crippen LogP contribution in [0.4, 0.5) is 4.79 Å². The first kappa shape index (κ1) is 18.1. The standard InChI is InChI=1S/C22H23N3O3/c26-21(24-17-10-11-17)20(12-16-13-23-19-9-5-4-8-18(16)19)25-22(27)28-14-15-6-2-1-3-7-15/h1-9,13,17,20,23H,10-12,14H2,(H,24,26)(H,25,27)/t20-/m0/s1. The lowest BCUT2D eigenvalue weighted by atomic mass is 10.0. The third-order valence-corrected chi connectivity index (χ3v) is 4.84. The van der Waals surface area contributed by atoms with Crippen molar-refractivity contribution < 1.29 is 14.3 Å². The van der Waals surface area contributed by atoms with Crippen molar-refractivity contribution >= 4 is 22.9 Å². The van der Waals surface area contributed by atoms with Crippen LogP contribution in [0.3, 0.4) is 0 Å². The number of aromatic amines is 1. The van der Waals surface area contributed by atoms with Crippen molar-refractivity contribution in [1.82, 2.24) is 15.6 Å². The van der Waals surface area contributed by atoms with E-state index in [-0.39, 0.29) is 18.6 Å². The van der Waals surface area contributed by atoms with E-state index in [2.05, 4.69) is 15.6 Å². The number of H-pyrrole nitrogens is 1. The van der Waals surface area contributed by atoms with Gasteiger partial charge in [-0.3, -0.25) is 4.79 Å². The summed E-state index contributed by atoms with van der Waals surface area (Å²) in [4.78, 5) is 28.2. The van der Waals surface area contributed by atoms with E-state index in [0.717, 1.165) is 34.9 Å². The lowest BCUT2D eigenvalue weighted by Gasteiger charge is -2.18. The second-order valence-electron chi connectivity index (χ2n) is 7.11. The Labute approximate surface area is 163 Å². The van der Waals surface area contributed by atoms with Crippen molar-refractivity contribution in [3.05, 3.63) is 71.9 Å². The third-order valence-electron chi connectivity index (χ3n) is 4.84. The molecule has 1 atom stereocenters. The Balaban J connectivity index is 1.43. The molecular formula is C22H23N3O3. The molecule has 1 fully saturated rings. The van der Waals surface area contributed by atoms with E-state index in [9.17, 15) is 9.59 Å². The van der Waals surface area contributed by atoms with Crippen LogP contribution in [0.2, 0.25) is 0 Å². The van der Waals surface area contributed by atoms with Crippen molar-refractivity contribution in [2.45, 2.75) is 38.0 Å². The minimum Gasteiger partial charge on any atom is -0.445 e. The van der Waals surface area contributed by atoms with E-state index in [1.54, 1.807) is 0 Å². The van der Waals surface area contributed by atoms with E-state index < -0.39 is 12.1 Å². The number of aromatic nitrogens is 1. The normalized spacial score (nSPS) is 14.4. The minimum absolute atomic E-state index is 0.163. The molecule has 0 saturated heterocycles. The molecule has 6 heteroatoms. The molecule has 0 spiro atoms. The molecule has 1 aromatic heterocycles. The smallest absolute Gasteiger partial charge is 0.408 e. The number of benzene rings is 2. The van der Waals surface area contributed by atoms with E-state index in [4.69, 9.17) is 4.74 Å². The molecule has 6 nitrogen and oxygen atoms in total. The molecule has 0 aliphatic heterocycles. The highest BCUT2D eigenvalue weighted by Crippen LogP contribution is 2.21. The maximum absolute atomic E-state index is 12.7. The molecule has 1 heterocycles. The number of carbonyl (C=O) groups excluding carboxylic acids is 2. The van der Waals surface area contributed by atoms with Gasteiger partial charge in [0.15, 0.2) is 0 Å². The number of ether oxygens (including phenoxy) is 1. The highest BCUT2D eigenvalue weighted by atomic mass is 16.5. The zero-order valence-corrected chi connectivity index (χ0v) is 15.5. The minimum atomic E-state index is -0.692. The van der Waals surface area contributed by atoms with Gasteiger partial charge in [-0.25, -0.2) is 4.79 Å². The number of fused-ring (bicyclic) bond motifs is 1. The first-order chi connectivity index (χ1) is 13.7. The highest BCUT2D eigenvalue weighted by Gasteiger charge is 2.29. The summed E-state index contributed by atoms with van der Waals surface area (Å²) in [5.74, 6) is -0.176. The highest BCUT2D eigenvalue weighted by molar-refractivity contribution is 5.88. The average Bonchev–Trinajstić information content (AvgIpc) is 3.45. The molecule has 28 heavy (non-hydrogen) atoms. The number of amides is 2. The van der Waals surface area contributed by atoms with Crippen LogP contribution in [0.5, 0.6) is 0 Å². The Bertz CT molecular complexity index is 963. The topological polar surface area (TPSA) is 83.2 Å². The van der Waals surface area contributed by atoms with Crippen LogP contribution < -0.4 is 10.6 Å². The molecule has 3 N–H and O–H groups in total. The Morgan fingerprint density at radius 2 is 1.82 bits per heavy atom. The summed E-state index contributed by atoms with van der Waals surface area (Å²) in [5.41, 5.74) is 2.88. The zero-order valence-electron chi connectivity index (χ0n) is 15.5. The lowest BCUT2D eigenvalue weighted by molar-refractivity contribution is -0.123. The number of hydrogen-bond donors (Lipinski definition) is 3. The van der Waals surface area contributed by atoms with Crippen LogP contribution in [0.15, 0.2) is 60.8 Å². The Kier molecular flexibility index (Phi) is 5.28. The summed E-state index contributed by atoms with van der Waals surface area (Å²) in [7, 11) is 0. The molecule has 144 valence electrons. The molecule has 2 aromatic carbocycles. The molecule has 3 aromatic rings. The van der Waals surface area contributed by atoms with Crippen LogP contribution in [0, 0.1) is 0 Å². The fourth-order valence-corrected chi connectivity index (χ4v) is 3.17. The number of alkyl carbamates (subject to hydrolysis) is 1. The predicted octanol–water partition coefficient (Wildman–Crippen LogP) is 3.28. The maximum Gasteiger partial charge on any atom is 0.408 e. The molecule has 4 rings (SSSR count). The van der Waals surface area contributed by atoms with Crippen LogP contribution in [-0.4, -0.2) is 29.1 Å². The van der Waals surface area contributed by atoms with Crippen molar-refractivity contribution in [1.29, 1.82) is 0 Å². The SMILES string of the molecule is O=C(N[C@@H](Cc1c[nH]c2ccccc12)C(=O)NC1CC1)OCc1ccccc1. The molecule has 2 amide bonds. The summed E-state index contributed by atoms with van der Waals surface area (Å²) < 4.78 is 5.30. The number of nitrogens with one attached hydrogen (secondary N) is 3. The maximum atomic E-state index is 12.7. The number of hydrogen-bond acceptors (Lipinski definition) is 3. The summed E-state index contributed by atoms with van der Waals surface area (Å²) >= 11 is 0. The number of carbonyl (C=O) groups is 2. The number of para-hydroxylation sites is 1. The van der Waals surface area contributed by atoms with Gasteiger partial charge in [-0.1, -0.05) is 48.5 Å². The molecule has 1 saturated carbocycles. The van der Waals surface area contributed by atoms with Gasteiger partial charge in [0.25, 0.3) is 0 Å². The molecular weight excluding hydrogens is 354 g/mol. The second-order valence-corrected chi connectivity index (χ2v) is 7.11. The van der Waals surface area contributed by atoms with E-state index >= 15 is 0 Å². The van der Waals surface area contributed by atoms with Gasteiger partial charge in [-0.05, 0) is 30.0 Å². The molecule has 1 aliphatic rings. The van der Waals surface area contributed by atoms with Gasteiger partial charge in [0.2, 0.25) is 5.91 Å². The Morgan fingerprint density at radius 1 is 1.07 bits per heavy atom. The Hall–Kier alpha value is -3.28. The monoisotopic (exact) mass is 377 g/mol. The van der Waals surface area contributed by atoms with Crippen molar-refractivity contribution in [3.8, 4) is 0 Å². The van der Waals surface area contributed by atoms with Gasteiger partial charge in [-0.2, -0.15) is 0 Å². The van der Waals surface area contributed by atoms with Crippen LogP contribution >= 0.6 is 0 Å². The lowest BCUT2D eigenvalue weighted by Crippen LogP contribution is -2.48. The predicted molar refractivity (Wildman–Crippen MR) is 107 cm³/mol. The molecule has 0 radical (unpaired) electrons. The van der Waals surface area contributed by atoms with Gasteiger partial charge < -0.3 is 20.4 Å². The molecule has 1 aliphatic carbocycles. The van der Waals surface area contributed by atoms with Crippen LogP contribution in [0.1, 0.15) is 24.0 Å². The summed E-state index contributed by atoms with van der Waals surface area (Å²) in [6.45, 7) is 0.163. The first-order valence-electron chi connectivity index (χ1n) is 9.51. The fraction of sp³-hybridized carbons (Fsp3) is 0.273. The average molecular weight is 377 g/mol. The first-order valence-corrected chi connectivity index (χ1v) is 9.51. The van der Waals surface area contributed by atoms with Crippen molar-refractivity contribution in [2.75, 3.05) is 0 Å². The third kappa shape index (κ3) is 4.52. The summed E-state index contributed by atoms with van der Waals surface area (Å²) in [6.07, 6.45) is 3.66. The van der Waals surface area contributed by atoms with E-state index in [0.29, 0.717) is 6.42 Å². The van der Waals surface area contributed by atoms with Gasteiger partial charge in [0, 0.05) is 29.6 Å². The van der Waals surface area contributed by atoms with Crippen LogP contribution in [0.25, 0.3) is 10.9 Å². The summed E-state index contributed by atoms with van der Waals surface area (Å²) in [6, 6.07) is 16.9. The molecule has 0 bridgehead atoms. The number of rotatable bonds is 7. The van der Waals surface area contributed by atoms with Gasteiger partial charge in [0.05, 0.1) is 0 Å². The van der Waals surface area contributed by atoms with E-state index in [1.807, 2.05) is 60.8 Å². The van der Waals surface area contributed by atoms with Gasteiger partial charge >= 0.3 is 6.09 Å². The summed E-state index contributed by atoms with van der Waals surface area (Å²) in [5, 5.41) is 6.76. The van der Waals surface area contributed by atoms with Gasteiger partial charge in [0.1, 0.15) is 12.6 Å². The quantitative estimate of drug-likeness (QED) is 0.591. The second kappa shape index (κ2) is 8.17. The zero-order chi connectivity index (χ0) is 19.3. The van der Waals surface area contributed by atoms with Gasteiger partial charge in [-0.15, -0.1) is 0 Å². The van der Waals surface area contributed by atoms with Crippen LogP contribution in [-0.2, 0) is 22.6 Å².